The van der Waals surface area contributed by atoms with Crippen LogP contribution in [0.3, 0.4) is 0 Å². The molecule has 4 rings (SSSR count). The zero-order valence-corrected chi connectivity index (χ0v) is 18.8. The lowest BCUT2D eigenvalue weighted by atomic mass is 10.2. The molecule has 1 atom stereocenters. The molecule has 0 radical (unpaired) electrons. The normalized spacial score (nSPS) is 11.8. The van der Waals surface area contributed by atoms with Gasteiger partial charge in [-0.25, -0.2) is 9.37 Å². The van der Waals surface area contributed by atoms with E-state index in [1.165, 1.54) is 23.9 Å². The van der Waals surface area contributed by atoms with Gasteiger partial charge in [0.2, 0.25) is 5.91 Å². The zero-order valence-electron chi connectivity index (χ0n) is 18.0. The smallest absolute Gasteiger partial charge is 0.237 e. The third-order valence-electron chi connectivity index (χ3n) is 5.13. The molecule has 0 spiro atoms. The Morgan fingerprint density at radius 3 is 2.44 bits per heavy atom. The molecule has 4 nitrogen and oxygen atoms in total. The number of para-hydroxylation sites is 1. The number of amides is 1. The Hall–Kier alpha value is -3.38. The van der Waals surface area contributed by atoms with Crippen molar-refractivity contribution >= 4 is 23.4 Å². The van der Waals surface area contributed by atoms with Gasteiger partial charge in [0, 0.05) is 24.0 Å². The van der Waals surface area contributed by atoms with Gasteiger partial charge in [-0.05, 0) is 55.3 Å². The van der Waals surface area contributed by atoms with E-state index in [4.69, 9.17) is 4.98 Å². The summed E-state index contributed by atoms with van der Waals surface area (Å²) in [5.41, 5.74) is 4.54. The fourth-order valence-electron chi connectivity index (χ4n) is 3.31. The first-order valence-corrected chi connectivity index (χ1v) is 11.3. The van der Waals surface area contributed by atoms with Crippen LogP contribution in [0.15, 0.2) is 90.2 Å². The molecule has 3 aromatic carbocycles. The zero-order chi connectivity index (χ0) is 22.5. The van der Waals surface area contributed by atoms with Crippen LogP contribution >= 0.6 is 11.8 Å². The second kappa shape index (κ2) is 9.83. The van der Waals surface area contributed by atoms with Crippen LogP contribution in [0.5, 0.6) is 0 Å². The first-order chi connectivity index (χ1) is 15.5. The molecular formula is C26H24FN3OS. The van der Waals surface area contributed by atoms with Gasteiger partial charge in [-0.3, -0.25) is 4.79 Å². The van der Waals surface area contributed by atoms with Gasteiger partial charge in [0.05, 0.1) is 10.9 Å². The van der Waals surface area contributed by atoms with E-state index in [0.29, 0.717) is 6.54 Å². The van der Waals surface area contributed by atoms with Crippen molar-refractivity contribution in [3.05, 3.63) is 102 Å². The molecule has 1 heterocycles. The van der Waals surface area contributed by atoms with Crippen LogP contribution < -0.4 is 5.32 Å². The number of aryl methyl sites for hydroxylation is 1. The number of imidazole rings is 1. The Labute approximate surface area is 191 Å². The fraction of sp³-hybridized carbons (Fsp3) is 0.154. The standard InChI is InChI=1S/C26H24FN3OS/c1-18-8-6-7-11-23(18)28-25(31)19(2)32-26-29-24(21-12-14-22(27)15-13-21)17-30(26)16-20-9-4-3-5-10-20/h3-15,17,19H,16H2,1-2H3,(H,28,31)/t19-/m0/s1. The molecule has 0 saturated heterocycles. The maximum atomic E-state index is 13.4. The van der Waals surface area contributed by atoms with E-state index in [9.17, 15) is 9.18 Å². The van der Waals surface area contributed by atoms with Crippen molar-refractivity contribution in [3.63, 3.8) is 0 Å². The van der Waals surface area contributed by atoms with E-state index < -0.39 is 0 Å². The van der Waals surface area contributed by atoms with Gasteiger partial charge >= 0.3 is 0 Å². The molecule has 32 heavy (non-hydrogen) atoms. The van der Waals surface area contributed by atoms with Gasteiger partial charge in [-0.15, -0.1) is 0 Å². The molecule has 0 bridgehead atoms. The second-order valence-electron chi connectivity index (χ2n) is 7.59. The van der Waals surface area contributed by atoms with Gasteiger partial charge in [0.15, 0.2) is 5.16 Å². The maximum Gasteiger partial charge on any atom is 0.237 e. The third-order valence-corrected chi connectivity index (χ3v) is 6.23. The second-order valence-corrected chi connectivity index (χ2v) is 8.90. The number of anilines is 1. The number of halogens is 1. The topological polar surface area (TPSA) is 46.9 Å². The number of hydrogen-bond donors (Lipinski definition) is 1. The molecule has 0 aliphatic rings. The largest absolute Gasteiger partial charge is 0.325 e. The number of benzene rings is 3. The van der Waals surface area contributed by atoms with Crippen molar-refractivity contribution in [3.8, 4) is 11.3 Å². The number of carbonyl (C=O) groups is 1. The highest BCUT2D eigenvalue weighted by molar-refractivity contribution is 8.00. The summed E-state index contributed by atoms with van der Waals surface area (Å²) in [5.74, 6) is -0.365. The van der Waals surface area contributed by atoms with Gasteiger partial charge in [0.1, 0.15) is 5.82 Å². The lowest BCUT2D eigenvalue weighted by molar-refractivity contribution is -0.115. The van der Waals surface area contributed by atoms with Gasteiger partial charge in [-0.2, -0.15) is 0 Å². The minimum Gasteiger partial charge on any atom is -0.325 e. The minimum atomic E-state index is -0.354. The predicted octanol–water partition coefficient (Wildman–Crippen LogP) is 6.17. The molecule has 1 aromatic heterocycles. The van der Waals surface area contributed by atoms with E-state index in [1.807, 2.05) is 67.1 Å². The average Bonchev–Trinajstić information content (AvgIpc) is 3.18. The fourth-order valence-corrected chi connectivity index (χ4v) is 4.19. The molecule has 0 unspecified atom stereocenters. The quantitative estimate of drug-likeness (QED) is 0.346. The number of hydrogen-bond acceptors (Lipinski definition) is 3. The number of aromatic nitrogens is 2. The maximum absolute atomic E-state index is 13.4. The van der Waals surface area contributed by atoms with Crippen LogP contribution in [0.2, 0.25) is 0 Å². The number of nitrogens with zero attached hydrogens (tertiary/aromatic N) is 2. The molecule has 1 N–H and O–H groups in total. The molecule has 6 heteroatoms. The lowest BCUT2D eigenvalue weighted by Gasteiger charge is -2.14. The van der Waals surface area contributed by atoms with Crippen molar-refractivity contribution < 1.29 is 9.18 Å². The van der Waals surface area contributed by atoms with Crippen molar-refractivity contribution in [1.82, 2.24) is 9.55 Å². The van der Waals surface area contributed by atoms with Crippen LogP contribution in [0.25, 0.3) is 11.3 Å². The Morgan fingerprint density at radius 2 is 1.72 bits per heavy atom. The van der Waals surface area contributed by atoms with Crippen LogP contribution in [-0.4, -0.2) is 20.7 Å². The van der Waals surface area contributed by atoms with E-state index in [-0.39, 0.29) is 17.0 Å². The first-order valence-electron chi connectivity index (χ1n) is 10.4. The number of thioether (sulfide) groups is 1. The van der Waals surface area contributed by atoms with Crippen LogP contribution in [-0.2, 0) is 11.3 Å². The Bertz CT molecular complexity index is 1210. The van der Waals surface area contributed by atoms with Gasteiger partial charge < -0.3 is 9.88 Å². The van der Waals surface area contributed by atoms with Gasteiger partial charge in [-0.1, -0.05) is 60.3 Å². The average molecular weight is 446 g/mol. The summed E-state index contributed by atoms with van der Waals surface area (Å²) in [4.78, 5) is 17.6. The van der Waals surface area contributed by atoms with Crippen molar-refractivity contribution in [2.24, 2.45) is 0 Å². The molecule has 0 aliphatic carbocycles. The predicted molar refractivity (Wildman–Crippen MR) is 128 cm³/mol. The van der Waals surface area contributed by atoms with E-state index >= 15 is 0 Å². The summed E-state index contributed by atoms with van der Waals surface area (Å²) in [6, 6.07) is 24.1. The number of nitrogens with one attached hydrogen (secondary N) is 1. The highest BCUT2D eigenvalue weighted by Crippen LogP contribution is 2.29. The summed E-state index contributed by atoms with van der Waals surface area (Å²) in [7, 11) is 0. The van der Waals surface area contributed by atoms with E-state index in [0.717, 1.165) is 33.2 Å². The minimum absolute atomic E-state index is 0.0816. The number of carbonyl (C=O) groups excluding carboxylic acids is 1. The summed E-state index contributed by atoms with van der Waals surface area (Å²) in [5, 5.41) is 3.39. The van der Waals surface area contributed by atoms with E-state index in [1.54, 1.807) is 12.1 Å². The highest BCUT2D eigenvalue weighted by atomic mass is 32.2. The van der Waals surface area contributed by atoms with Crippen LogP contribution in [0.4, 0.5) is 10.1 Å². The monoisotopic (exact) mass is 445 g/mol. The Morgan fingerprint density at radius 1 is 1.03 bits per heavy atom. The Kier molecular flexibility index (Phi) is 6.71. The molecular weight excluding hydrogens is 421 g/mol. The van der Waals surface area contributed by atoms with E-state index in [2.05, 4.69) is 17.4 Å². The summed E-state index contributed by atoms with van der Waals surface area (Å²) in [6.45, 7) is 4.47. The molecule has 162 valence electrons. The first kappa shape index (κ1) is 21.8. The molecule has 1 amide bonds. The van der Waals surface area contributed by atoms with Crippen molar-refractivity contribution in [2.45, 2.75) is 30.8 Å². The van der Waals surface area contributed by atoms with Crippen LogP contribution in [0, 0.1) is 12.7 Å². The Balaban J connectivity index is 1.58. The molecule has 0 aliphatic heterocycles. The van der Waals surface area contributed by atoms with Crippen molar-refractivity contribution in [2.75, 3.05) is 5.32 Å². The highest BCUT2D eigenvalue weighted by Gasteiger charge is 2.20. The lowest BCUT2D eigenvalue weighted by Crippen LogP contribution is -2.23. The molecule has 4 aromatic rings. The van der Waals surface area contributed by atoms with Crippen molar-refractivity contribution in [1.29, 1.82) is 0 Å². The SMILES string of the molecule is Cc1ccccc1NC(=O)[C@H](C)Sc1nc(-c2ccc(F)cc2)cn1Cc1ccccc1. The van der Waals surface area contributed by atoms with Gasteiger partial charge in [0.25, 0.3) is 0 Å². The third kappa shape index (κ3) is 5.26. The van der Waals surface area contributed by atoms with Crippen LogP contribution in [0.1, 0.15) is 18.1 Å². The summed E-state index contributed by atoms with van der Waals surface area (Å²) >= 11 is 1.41. The number of rotatable bonds is 7. The molecule has 0 saturated carbocycles. The molecule has 0 fully saturated rings. The summed E-state index contributed by atoms with van der Waals surface area (Å²) in [6.07, 6.45) is 1.95. The summed E-state index contributed by atoms with van der Waals surface area (Å²) < 4.78 is 15.4.